The van der Waals surface area contributed by atoms with Crippen molar-refractivity contribution in [2.75, 3.05) is 7.11 Å². The summed E-state index contributed by atoms with van der Waals surface area (Å²) in [4.78, 5) is 16.8. The van der Waals surface area contributed by atoms with Crippen LogP contribution in [0.15, 0.2) is 78.0 Å². The minimum atomic E-state index is -4.11. The van der Waals surface area contributed by atoms with Crippen molar-refractivity contribution in [3.8, 4) is 5.75 Å². The molecule has 0 radical (unpaired) electrons. The number of halogens is 1. The summed E-state index contributed by atoms with van der Waals surface area (Å²) in [7, 11) is -2.74. The van der Waals surface area contributed by atoms with Crippen molar-refractivity contribution in [1.29, 1.82) is 0 Å². The van der Waals surface area contributed by atoms with Crippen LogP contribution in [-0.2, 0) is 27.8 Å². The molecule has 162 valence electrons. The lowest BCUT2D eigenvalue weighted by Crippen LogP contribution is -2.47. The van der Waals surface area contributed by atoms with Crippen molar-refractivity contribution in [3.63, 3.8) is 0 Å². The van der Waals surface area contributed by atoms with Crippen molar-refractivity contribution in [3.05, 3.63) is 89.2 Å². The quantitative estimate of drug-likeness (QED) is 0.512. The standard InChI is InChI=1S/C22H22ClN3O4S/c1-30-20-10-9-18(23)13-21(20)31(28,29)26-19(12-16-6-3-2-4-7-16)22(27)25-15-17-8-5-11-24-14-17/h2-11,13-14,19,26H,12,15H2,1H3,(H,25,27). The van der Waals surface area contributed by atoms with Gasteiger partial charge in [-0.3, -0.25) is 9.78 Å². The van der Waals surface area contributed by atoms with Gasteiger partial charge in [-0.25, -0.2) is 8.42 Å². The zero-order chi connectivity index (χ0) is 22.3. The number of amides is 1. The van der Waals surface area contributed by atoms with Crippen molar-refractivity contribution in [1.82, 2.24) is 15.0 Å². The summed E-state index contributed by atoms with van der Waals surface area (Å²) in [5, 5.41) is 3.01. The van der Waals surface area contributed by atoms with Crippen LogP contribution in [0.5, 0.6) is 5.75 Å². The van der Waals surface area contributed by atoms with Crippen molar-refractivity contribution in [2.24, 2.45) is 0 Å². The number of methoxy groups -OCH3 is 1. The number of nitrogens with one attached hydrogen (secondary N) is 2. The Labute approximate surface area is 186 Å². The summed E-state index contributed by atoms with van der Waals surface area (Å²) in [5.74, 6) is -0.330. The highest BCUT2D eigenvalue weighted by atomic mass is 35.5. The predicted molar refractivity (Wildman–Crippen MR) is 118 cm³/mol. The zero-order valence-corrected chi connectivity index (χ0v) is 18.4. The molecule has 1 heterocycles. The topological polar surface area (TPSA) is 97.4 Å². The Bertz CT molecular complexity index is 1130. The van der Waals surface area contributed by atoms with E-state index in [4.69, 9.17) is 16.3 Å². The van der Waals surface area contributed by atoms with E-state index < -0.39 is 22.0 Å². The molecule has 31 heavy (non-hydrogen) atoms. The maximum atomic E-state index is 13.1. The molecule has 7 nitrogen and oxygen atoms in total. The van der Waals surface area contributed by atoms with Crippen LogP contribution in [0.25, 0.3) is 0 Å². The first-order chi connectivity index (χ1) is 14.9. The van der Waals surface area contributed by atoms with Crippen molar-refractivity contribution >= 4 is 27.5 Å². The molecule has 3 aromatic rings. The number of sulfonamides is 1. The Balaban J connectivity index is 1.85. The SMILES string of the molecule is COc1ccc(Cl)cc1S(=O)(=O)NC(Cc1ccccc1)C(=O)NCc1cccnc1. The Morgan fingerprint density at radius 2 is 1.84 bits per heavy atom. The van der Waals surface area contributed by atoms with E-state index in [2.05, 4.69) is 15.0 Å². The van der Waals surface area contributed by atoms with Crippen molar-refractivity contribution in [2.45, 2.75) is 23.9 Å². The first-order valence-electron chi connectivity index (χ1n) is 9.45. The molecule has 1 aromatic heterocycles. The van der Waals surface area contributed by atoms with E-state index in [1.54, 1.807) is 18.5 Å². The Hall–Kier alpha value is -2.94. The first kappa shape index (κ1) is 22.7. The number of nitrogens with zero attached hydrogens (tertiary/aromatic N) is 1. The lowest BCUT2D eigenvalue weighted by atomic mass is 10.1. The maximum Gasteiger partial charge on any atom is 0.245 e. The normalized spacial score (nSPS) is 12.2. The second-order valence-electron chi connectivity index (χ2n) is 6.74. The van der Waals surface area contributed by atoms with Crippen molar-refractivity contribution < 1.29 is 17.9 Å². The number of carbonyl (C=O) groups excluding carboxylic acids is 1. The second-order valence-corrected chi connectivity index (χ2v) is 8.86. The average molecular weight is 460 g/mol. The van der Waals surface area contributed by atoms with Gasteiger partial charge < -0.3 is 10.1 Å². The van der Waals surface area contributed by atoms with E-state index in [1.807, 2.05) is 36.4 Å². The monoisotopic (exact) mass is 459 g/mol. The molecule has 0 aliphatic heterocycles. The Kier molecular flexibility index (Phi) is 7.62. The molecule has 0 bridgehead atoms. The molecular formula is C22H22ClN3O4S. The van der Waals surface area contributed by atoms with E-state index in [-0.39, 0.29) is 28.6 Å². The highest BCUT2D eigenvalue weighted by molar-refractivity contribution is 7.89. The molecule has 9 heteroatoms. The molecule has 0 saturated carbocycles. The first-order valence-corrected chi connectivity index (χ1v) is 11.3. The largest absolute Gasteiger partial charge is 0.495 e. The maximum absolute atomic E-state index is 13.1. The molecule has 2 aromatic carbocycles. The highest BCUT2D eigenvalue weighted by Gasteiger charge is 2.28. The third kappa shape index (κ3) is 6.27. The van der Waals surface area contributed by atoms with Gasteiger partial charge in [0.05, 0.1) is 7.11 Å². The number of rotatable bonds is 9. The Morgan fingerprint density at radius 1 is 1.10 bits per heavy atom. The van der Waals surface area contributed by atoms with E-state index in [0.717, 1.165) is 11.1 Å². The summed E-state index contributed by atoms with van der Waals surface area (Å²) in [6.07, 6.45) is 3.44. The van der Waals surface area contributed by atoms with Gasteiger partial charge in [0.15, 0.2) is 0 Å². The summed E-state index contributed by atoms with van der Waals surface area (Å²) in [6.45, 7) is 0.222. The lowest BCUT2D eigenvalue weighted by molar-refractivity contribution is -0.122. The van der Waals surface area contributed by atoms with Gasteiger partial charge in [-0.2, -0.15) is 4.72 Å². The molecule has 0 aliphatic carbocycles. The minimum Gasteiger partial charge on any atom is -0.495 e. The number of hydrogen-bond donors (Lipinski definition) is 2. The smallest absolute Gasteiger partial charge is 0.245 e. The number of hydrogen-bond acceptors (Lipinski definition) is 5. The molecule has 0 saturated heterocycles. The van der Waals surface area contributed by atoms with E-state index in [9.17, 15) is 13.2 Å². The predicted octanol–water partition coefficient (Wildman–Crippen LogP) is 2.95. The average Bonchev–Trinajstić information content (AvgIpc) is 2.78. The molecule has 2 N–H and O–H groups in total. The molecule has 3 rings (SSSR count). The van der Waals surface area contributed by atoms with Gasteiger partial charge in [-0.05, 0) is 41.8 Å². The number of carbonyl (C=O) groups is 1. The molecule has 0 spiro atoms. The van der Waals surface area contributed by atoms with Crippen LogP contribution in [0.3, 0.4) is 0 Å². The molecule has 1 unspecified atom stereocenters. The molecule has 1 amide bonds. The van der Waals surface area contributed by atoms with Gasteiger partial charge in [-0.15, -0.1) is 0 Å². The van der Waals surface area contributed by atoms with Crippen LogP contribution in [0.1, 0.15) is 11.1 Å². The van der Waals surface area contributed by atoms with E-state index >= 15 is 0 Å². The van der Waals surface area contributed by atoms with Crippen LogP contribution < -0.4 is 14.8 Å². The van der Waals surface area contributed by atoms with Crippen LogP contribution in [-0.4, -0.2) is 32.5 Å². The summed E-state index contributed by atoms with van der Waals surface area (Å²) in [5.41, 5.74) is 1.61. The Morgan fingerprint density at radius 3 is 2.52 bits per heavy atom. The summed E-state index contributed by atoms with van der Waals surface area (Å²) < 4.78 is 33.9. The van der Waals surface area contributed by atoms with Crippen LogP contribution in [0, 0.1) is 0 Å². The fourth-order valence-corrected chi connectivity index (χ4v) is 4.59. The third-order valence-electron chi connectivity index (χ3n) is 4.50. The lowest BCUT2D eigenvalue weighted by Gasteiger charge is -2.20. The zero-order valence-electron chi connectivity index (χ0n) is 16.8. The number of benzene rings is 2. The molecule has 1 atom stereocenters. The molecule has 0 aliphatic rings. The number of ether oxygens (including phenoxy) is 1. The summed E-state index contributed by atoms with van der Waals surface area (Å²) >= 11 is 5.99. The van der Waals surface area contributed by atoms with Gasteiger partial charge in [-0.1, -0.05) is 48.0 Å². The van der Waals surface area contributed by atoms with Crippen LogP contribution in [0.4, 0.5) is 0 Å². The number of aromatic nitrogens is 1. The second kappa shape index (κ2) is 10.4. The van der Waals surface area contributed by atoms with Gasteiger partial charge in [0.1, 0.15) is 16.7 Å². The summed E-state index contributed by atoms with van der Waals surface area (Å²) in [6, 6.07) is 16.0. The van der Waals surface area contributed by atoms with Crippen LogP contribution >= 0.6 is 11.6 Å². The van der Waals surface area contributed by atoms with Gasteiger partial charge >= 0.3 is 0 Å². The van der Waals surface area contributed by atoms with Gasteiger partial charge in [0, 0.05) is 24.0 Å². The minimum absolute atomic E-state index is 0.131. The van der Waals surface area contributed by atoms with Gasteiger partial charge in [0.25, 0.3) is 0 Å². The molecule has 0 fully saturated rings. The molecular weight excluding hydrogens is 438 g/mol. The fraction of sp³-hybridized carbons (Fsp3) is 0.182. The van der Waals surface area contributed by atoms with E-state index in [0.29, 0.717) is 0 Å². The van der Waals surface area contributed by atoms with E-state index in [1.165, 1.54) is 25.3 Å². The fourth-order valence-electron chi connectivity index (χ4n) is 2.96. The van der Waals surface area contributed by atoms with Crippen LogP contribution in [0.2, 0.25) is 5.02 Å². The number of pyridine rings is 1. The van der Waals surface area contributed by atoms with Gasteiger partial charge in [0.2, 0.25) is 15.9 Å². The third-order valence-corrected chi connectivity index (χ3v) is 6.23. The highest BCUT2D eigenvalue weighted by Crippen LogP contribution is 2.27.